The van der Waals surface area contributed by atoms with Crippen molar-refractivity contribution in [2.75, 3.05) is 19.6 Å². The maximum atomic E-state index is 13.9. The van der Waals surface area contributed by atoms with Crippen LogP contribution in [0.2, 0.25) is 0 Å². The first kappa shape index (κ1) is 25.0. The first-order valence-corrected chi connectivity index (χ1v) is 11.4. The van der Waals surface area contributed by atoms with Crippen LogP contribution in [0.15, 0.2) is 12.1 Å². The first-order chi connectivity index (χ1) is 15.6. The highest BCUT2D eigenvalue weighted by Crippen LogP contribution is 2.48. The lowest BCUT2D eigenvalue weighted by Crippen LogP contribution is -2.46. The molecule has 1 aliphatic carbocycles. The number of halogens is 3. The third kappa shape index (κ3) is 4.85. The molecule has 3 unspecified atom stereocenters. The second-order valence-corrected chi connectivity index (χ2v) is 8.89. The fourth-order valence-electron chi connectivity index (χ4n) is 4.85. The van der Waals surface area contributed by atoms with E-state index < -0.39 is 34.8 Å². The highest BCUT2D eigenvalue weighted by atomic mass is 19.2. The zero-order chi connectivity index (χ0) is 24.5. The summed E-state index contributed by atoms with van der Waals surface area (Å²) in [5.74, 6) is -4.32. The van der Waals surface area contributed by atoms with Gasteiger partial charge in [0.15, 0.2) is 11.6 Å². The van der Waals surface area contributed by atoms with Gasteiger partial charge < -0.3 is 21.3 Å². The minimum Gasteiger partial charge on any atom is -0.369 e. The molecule has 3 atom stereocenters. The van der Waals surface area contributed by atoms with E-state index in [0.29, 0.717) is 38.5 Å². The Hall–Kier alpha value is -2.62. The Kier molecular flexibility index (Phi) is 7.36. The van der Waals surface area contributed by atoms with Crippen molar-refractivity contribution in [2.24, 2.45) is 22.8 Å². The summed E-state index contributed by atoms with van der Waals surface area (Å²) in [7, 11) is 0. The summed E-state index contributed by atoms with van der Waals surface area (Å²) in [4.78, 5) is 40.6. The average Bonchev–Trinajstić information content (AvgIpc) is 3.33. The molecule has 1 saturated carbocycles. The number of primary amides is 1. The highest BCUT2D eigenvalue weighted by molar-refractivity contribution is 6.07. The van der Waals surface area contributed by atoms with Crippen molar-refractivity contribution in [3.8, 4) is 0 Å². The summed E-state index contributed by atoms with van der Waals surface area (Å²) in [5, 5.41) is 0. The lowest BCUT2D eigenvalue weighted by molar-refractivity contribution is -0.143. The topological polar surface area (TPSA) is 110 Å². The number of carbonyl (C=O) groups excluding carboxylic acids is 3. The Balaban J connectivity index is 0.00000149. The third-order valence-electron chi connectivity index (χ3n) is 6.79. The van der Waals surface area contributed by atoms with Gasteiger partial charge in [0.25, 0.3) is 0 Å². The smallest absolute Gasteiger partial charge is 0.238 e. The van der Waals surface area contributed by atoms with Gasteiger partial charge in [0.1, 0.15) is 11.2 Å². The minimum absolute atomic E-state index is 0.0825. The molecule has 182 valence electrons. The number of likely N-dealkylation sites (tertiary alicyclic amines) is 2. The maximum Gasteiger partial charge on any atom is 0.238 e. The van der Waals surface area contributed by atoms with Crippen molar-refractivity contribution in [1.82, 2.24) is 9.80 Å². The van der Waals surface area contributed by atoms with Crippen LogP contribution < -0.4 is 11.5 Å². The molecule has 0 radical (unpaired) electrons. The summed E-state index contributed by atoms with van der Waals surface area (Å²) < 4.78 is 40.3. The molecule has 3 fully saturated rings. The molecule has 0 spiro atoms. The van der Waals surface area contributed by atoms with Gasteiger partial charge >= 0.3 is 0 Å². The second-order valence-electron chi connectivity index (χ2n) is 8.89. The zero-order valence-electron chi connectivity index (χ0n) is 19.0. The van der Waals surface area contributed by atoms with E-state index >= 15 is 0 Å². The average molecular weight is 469 g/mol. The van der Waals surface area contributed by atoms with E-state index in [0.717, 1.165) is 12.5 Å². The molecule has 3 aliphatic rings. The summed E-state index contributed by atoms with van der Waals surface area (Å²) >= 11 is 0. The van der Waals surface area contributed by atoms with Gasteiger partial charge in [0.2, 0.25) is 17.7 Å². The summed E-state index contributed by atoms with van der Waals surface area (Å²) in [6.07, 6.45) is 1.47. The van der Waals surface area contributed by atoms with Crippen LogP contribution in [-0.2, 0) is 20.8 Å². The number of rotatable bonds is 6. The van der Waals surface area contributed by atoms with Gasteiger partial charge in [0.05, 0.1) is 6.04 Å². The molecule has 33 heavy (non-hydrogen) atoms. The van der Waals surface area contributed by atoms with Crippen molar-refractivity contribution < 1.29 is 27.6 Å². The first-order valence-electron chi connectivity index (χ1n) is 11.4. The van der Waals surface area contributed by atoms with Gasteiger partial charge in [-0.15, -0.1) is 0 Å². The molecule has 4 N–H and O–H groups in total. The quantitative estimate of drug-likeness (QED) is 0.489. The fourth-order valence-corrected chi connectivity index (χ4v) is 4.85. The molecule has 1 aromatic carbocycles. The van der Waals surface area contributed by atoms with Gasteiger partial charge in [-0.3, -0.25) is 14.4 Å². The van der Waals surface area contributed by atoms with Crippen molar-refractivity contribution >= 4 is 17.7 Å². The molecule has 3 amide bonds. The van der Waals surface area contributed by atoms with Gasteiger partial charge in [-0.2, -0.15) is 0 Å². The number of nitrogens with two attached hydrogens (primary N) is 2. The maximum absolute atomic E-state index is 13.9. The summed E-state index contributed by atoms with van der Waals surface area (Å²) in [6, 6.07) is 0.294. The van der Waals surface area contributed by atoms with Crippen molar-refractivity contribution in [1.29, 1.82) is 0 Å². The lowest BCUT2D eigenvalue weighted by atomic mass is 10.0. The number of amides is 3. The summed E-state index contributed by atoms with van der Waals surface area (Å²) in [6.45, 7) is 5.36. The number of fused-ring (bicyclic) bond motifs is 1. The van der Waals surface area contributed by atoms with Crippen LogP contribution >= 0.6 is 0 Å². The van der Waals surface area contributed by atoms with Crippen molar-refractivity contribution in [3.05, 3.63) is 35.1 Å². The molecule has 0 aromatic heterocycles. The van der Waals surface area contributed by atoms with Gasteiger partial charge in [0, 0.05) is 44.1 Å². The van der Waals surface area contributed by atoms with E-state index in [-0.39, 0.29) is 42.2 Å². The van der Waals surface area contributed by atoms with E-state index in [4.69, 9.17) is 11.5 Å². The van der Waals surface area contributed by atoms with E-state index in [2.05, 4.69) is 0 Å². The Morgan fingerprint density at radius 1 is 1.09 bits per heavy atom. The van der Waals surface area contributed by atoms with Crippen LogP contribution in [0.1, 0.15) is 45.1 Å². The van der Waals surface area contributed by atoms with Crippen LogP contribution in [0.5, 0.6) is 0 Å². The van der Waals surface area contributed by atoms with Crippen LogP contribution in [0.25, 0.3) is 0 Å². The normalized spacial score (nSPS) is 23.5. The Labute approximate surface area is 191 Å². The molecule has 4 rings (SSSR count). The van der Waals surface area contributed by atoms with E-state index in [1.54, 1.807) is 9.80 Å². The molecule has 2 heterocycles. The number of hydrogen-bond acceptors (Lipinski definition) is 4. The van der Waals surface area contributed by atoms with E-state index in [1.165, 1.54) is 0 Å². The van der Waals surface area contributed by atoms with E-state index in [1.807, 2.05) is 13.8 Å². The molecule has 0 bridgehead atoms. The molecular weight excluding hydrogens is 437 g/mol. The molecular formula is C23H31F3N4O3. The van der Waals surface area contributed by atoms with Gasteiger partial charge in [-0.1, -0.05) is 13.8 Å². The van der Waals surface area contributed by atoms with Gasteiger partial charge in [-0.05, 0) is 37.3 Å². The predicted octanol–water partition coefficient (Wildman–Crippen LogP) is 1.71. The molecule has 7 nitrogen and oxygen atoms in total. The SMILES string of the molecule is CC.NC(=O)C1(C(=O)N2CC3CCN(C(=O)CC(N)Cc4cc(F)c(F)cc4F)C3C2)CC1. The van der Waals surface area contributed by atoms with Crippen LogP contribution in [0, 0.1) is 28.8 Å². The number of carbonyl (C=O) groups is 3. The van der Waals surface area contributed by atoms with E-state index in [9.17, 15) is 27.6 Å². The van der Waals surface area contributed by atoms with Crippen molar-refractivity contribution in [2.45, 2.75) is 58.0 Å². The van der Waals surface area contributed by atoms with Crippen molar-refractivity contribution in [3.63, 3.8) is 0 Å². The fraction of sp³-hybridized carbons (Fsp3) is 0.609. The molecule has 2 aliphatic heterocycles. The minimum atomic E-state index is -1.28. The number of benzene rings is 1. The standard InChI is InChI=1S/C21H25F3N4O3.C2H6/c22-14-8-16(24)15(23)6-12(14)5-13(25)7-18(29)28-4-1-11-9-27(10-17(11)28)20(31)21(2-3-21)19(26)30;1-2/h6,8,11,13,17H,1-5,7,9-10,25H2,(H2,26,30);1-2H3. The van der Waals surface area contributed by atoms with Crippen LogP contribution in [0.3, 0.4) is 0 Å². The Morgan fingerprint density at radius 2 is 1.73 bits per heavy atom. The second kappa shape index (κ2) is 9.70. The Bertz CT molecular complexity index is 938. The van der Waals surface area contributed by atoms with Gasteiger partial charge in [-0.25, -0.2) is 13.2 Å². The summed E-state index contributed by atoms with van der Waals surface area (Å²) in [5.41, 5.74) is 10.2. The highest BCUT2D eigenvalue weighted by Gasteiger charge is 2.59. The molecule has 10 heteroatoms. The largest absolute Gasteiger partial charge is 0.369 e. The van der Waals surface area contributed by atoms with Crippen LogP contribution in [0.4, 0.5) is 13.2 Å². The number of hydrogen-bond donors (Lipinski definition) is 2. The molecule has 1 aromatic rings. The zero-order valence-corrected chi connectivity index (χ0v) is 19.0. The lowest BCUT2D eigenvalue weighted by Gasteiger charge is -2.27. The third-order valence-corrected chi connectivity index (χ3v) is 6.79. The van der Waals surface area contributed by atoms with Crippen LogP contribution in [-0.4, -0.2) is 59.2 Å². The number of nitrogens with zero attached hydrogens (tertiary/aromatic N) is 2. The predicted molar refractivity (Wildman–Crippen MR) is 115 cm³/mol. The monoisotopic (exact) mass is 468 g/mol. The Morgan fingerprint density at radius 3 is 2.33 bits per heavy atom. The molecule has 2 saturated heterocycles.